The van der Waals surface area contributed by atoms with Crippen LogP contribution < -0.4 is 5.32 Å². The third kappa shape index (κ3) is 6.20. The van der Waals surface area contributed by atoms with E-state index < -0.39 is 0 Å². The van der Waals surface area contributed by atoms with E-state index in [9.17, 15) is 4.79 Å². The van der Waals surface area contributed by atoms with Gasteiger partial charge in [0.2, 0.25) is 0 Å². The summed E-state index contributed by atoms with van der Waals surface area (Å²) in [6.07, 6.45) is 0. The molecule has 2 aromatic carbocycles. The van der Waals surface area contributed by atoms with E-state index in [0.29, 0.717) is 10.0 Å². The van der Waals surface area contributed by atoms with Gasteiger partial charge in [0.25, 0.3) is 0 Å². The van der Waals surface area contributed by atoms with Gasteiger partial charge < -0.3 is 10.1 Å². The zero-order chi connectivity index (χ0) is 19.1. The maximum absolute atomic E-state index is 11.7. The summed E-state index contributed by atoms with van der Waals surface area (Å²) in [7, 11) is 1.40. The molecule has 2 rings (SSSR count). The van der Waals surface area contributed by atoms with Crippen molar-refractivity contribution in [2.24, 2.45) is 0 Å². The zero-order valence-electron chi connectivity index (χ0n) is 15.0. The van der Waals surface area contributed by atoms with E-state index in [1.807, 2.05) is 48.5 Å². The Labute approximate surface area is 169 Å². The second-order valence-electron chi connectivity index (χ2n) is 6.21. The van der Waals surface area contributed by atoms with Crippen LogP contribution in [0.25, 0.3) is 0 Å². The van der Waals surface area contributed by atoms with Crippen LogP contribution in [-0.2, 0) is 9.53 Å². The molecule has 3 nitrogen and oxygen atoms in total. The number of benzene rings is 2. The largest absolute Gasteiger partial charge is 0.468 e. The fourth-order valence-corrected chi connectivity index (χ4v) is 4.20. The van der Waals surface area contributed by atoms with E-state index in [2.05, 4.69) is 19.2 Å². The molecule has 0 saturated carbocycles. The molecule has 0 amide bonds. The van der Waals surface area contributed by atoms with Crippen molar-refractivity contribution in [1.29, 1.82) is 0 Å². The first kappa shape index (κ1) is 21.1. The highest BCUT2D eigenvalue weighted by molar-refractivity contribution is 8.00. The highest BCUT2D eigenvalue weighted by atomic mass is 35.5. The van der Waals surface area contributed by atoms with Gasteiger partial charge in [-0.25, -0.2) is 0 Å². The lowest BCUT2D eigenvalue weighted by Gasteiger charge is -2.30. The van der Waals surface area contributed by atoms with E-state index in [1.165, 1.54) is 18.9 Å². The smallest absolute Gasteiger partial charge is 0.315 e. The first-order chi connectivity index (χ1) is 12.4. The molecule has 26 heavy (non-hydrogen) atoms. The van der Waals surface area contributed by atoms with E-state index in [1.54, 1.807) is 0 Å². The molecule has 0 aliphatic rings. The molecule has 2 aromatic rings. The highest BCUT2D eigenvalue weighted by Gasteiger charge is 2.27. The molecular formula is C20H23Cl2NO2S. The summed E-state index contributed by atoms with van der Waals surface area (Å²) < 4.78 is 4.82. The van der Waals surface area contributed by atoms with Crippen LogP contribution >= 0.6 is 35.0 Å². The Bertz CT molecular complexity index is 722. The summed E-state index contributed by atoms with van der Waals surface area (Å²) in [6.45, 7) is 4.20. The van der Waals surface area contributed by atoms with Gasteiger partial charge in [-0.05, 0) is 35.4 Å². The molecule has 0 aromatic heterocycles. The van der Waals surface area contributed by atoms with Gasteiger partial charge in [0, 0.05) is 27.4 Å². The van der Waals surface area contributed by atoms with Gasteiger partial charge in [-0.3, -0.25) is 4.79 Å². The Hall–Kier alpha value is -1.20. The Kier molecular flexibility index (Phi) is 8.29. The molecule has 0 fully saturated rings. The quantitative estimate of drug-likeness (QED) is 0.566. The van der Waals surface area contributed by atoms with Crippen molar-refractivity contribution in [2.75, 3.05) is 12.9 Å². The van der Waals surface area contributed by atoms with Gasteiger partial charge >= 0.3 is 5.97 Å². The van der Waals surface area contributed by atoms with Crippen LogP contribution in [0, 0.1) is 0 Å². The van der Waals surface area contributed by atoms with Crippen molar-refractivity contribution in [2.45, 2.75) is 31.2 Å². The van der Waals surface area contributed by atoms with Crippen molar-refractivity contribution in [1.82, 2.24) is 5.32 Å². The molecule has 0 spiro atoms. The molecule has 140 valence electrons. The van der Waals surface area contributed by atoms with Gasteiger partial charge in [-0.1, -0.05) is 61.3 Å². The Morgan fingerprint density at radius 3 is 2.35 bits per heavy atom. The predicted octanol–water partition coefficient (Wildman–Crippen LogP) is 5.68. The van der Waals surface area contributed by atoms with Gasteiger partial charge in [0.15, 0.2) is 0 Å². The molecule has 0 bridgehead atoms. The number of rotatable bonds is 8. The number of carbonyl (C=O) groups excluding carboxylic acids is 1. The van der Waals surface area contributed by atoms with E-state index >= 15 is 0 Å². The molecule has 0 unspecified atom stereocenters. The normalized spacial score (nSPS) is 13.5. The topological polar surface area (TPSA) is 38.3 Å². The summed E-state index contributed by atoms with van der Waals surface area (Å²) in [6, 6.07) is 15.8. The van der Waals surface area contributed by atoms with E-state index in [-0.39, 0.29) is 29.1 Å². The van der Waals surface area contributed by atoms with Crippen LogP contribution in [0.15, 0.2) is 48.5 Å². The van der Waals surface area contributed by atoms with Gasteiger partial charge in [0.1, 0.15) is 0 Å². The fraction of sp³-hybridized carbons (Fsp3) is 0.350. The van der Waals surface area contributed by atoms with E-state index in [0.717, 1.165) is 11.1 Å². The second-order valence-corrected chi connectivity index (χ2v) is 8.22. The van der Waals surface area contributed by atoms with Gasteiger partial charge in [-0.15, -0.1) is 11.8 Å². The number of ether oxygens (including phenoxy) is 1. The minimum absolute atomic E-state index is 0.0135. The molecule has 0 radical (unpaired) electrons. The van der Waals surface area contributed by atoms with Crippen LogP contribution in [0.4, 0.5) is 0 Å². The van der Waals surface area contributed by atoms with Crippen molar-refractivity contribution in [3.63, 3.8) is 0 Å². The number of nitrogens with one attached hydrogen (secondary N) is 1. The molecule has 1 N–H and O–H groups in total. The Morgan fingerprint density at radius 1 is 1.08 bits per heavy atom. The predicted molar refractivity (Wildman–Crippen MR) is 111 cm³/mol. The summed E-state index contributed by atoms with van der Waals surface area (Å²) in [4.78, 5) is 11.7. The minimum Gasteiger partial charge on any atom is -0.468 e. The van der Waals surface area contributed by atoms with Crippen LogP contribution in [0.5, 0.6) is 0 Å². The maximum Gasteiger partial charge on any atom is 0.315 e. The molecule has 0 heterocycles. The summed E-state index contributed by atoms with van der Waals surface area (Å²) >= 11 is 13.8. The van der Waals surface area contributed by atoms with Crippen molar-refractivity contribution < 1.29 is 9.53 Å². The second kappa shape index (κ2) is 10.2. The molecule has 6 heteroatoms. The monoisotopic (exact) mass is 411 g/mol. The number of methoxy groups -OCH3 is 1. The first-order valence-corrected chi connectivity index (χ1v) is 10.2. The Morgan fingerprint density at radius 2 is 1.77 bits per heavy atom. The van der Waals surface area contributed by atoms with Crippen LogP contribution in [0.2, 0.25) is 10.0 Å². The maximum atomic E-state index is 11.7. The number of hydrogen-bond donors (Lipinski definition) is 1. The number of thioether (sulfide) groups is 1. The lowest BCUT2D eigenvalue weighted by molar-refractivity contribution is -0.137. The number of hydrogen-bond acceptors (Lipinski definition) is 4. The minimum atomic E-state index is -0.249. The average Bonchev–Trinajstić information content (AvgIpc) is 2.61. The standard InChI is InChI=1S/C20H23Cl2NO2S/c1-13(2)23-19(14-7-9-16(21)10-8-14)20(26-12-18(24)25-3)15-5-4-6-17(22)11-15/h4-11,13,19-20,23H,12H2,1-3H3/t19-,20-/m0/s1. The van der Waals surface area contributed by atoms with Crippen LogP contribution in [0.3, 0.4) is 0 Å². The highest BCUT2D eigenvalue weighted by Crippen LogP contribution is 2.41. The molecule has 2 atom stereocenters. The first-order valence-electron chi connectivity index (χ1n) is 8.36. The van der Waals surface area contributed by atoms with Crippen molar-refractivity contribution in [3.05, 3.63) is 69.7 Å². The zero-order valence-corrected chi connectivity index (χ0v) is 17.4. The Balaban J connectivity index is 2.41. The molecule has 0 saturated heterocycles. The summed E-state index contributed by atoms with van der Waals surface area (Å²) in [5, 5.41) is 4.96. The number of halogens is 2. The SMILES string of the molecule is COC(=O)CS[C@@H](c1cccc(Cl)c1)[C@@H](NC(C)C)c1ccc(Cl)cc1. The van der Waals surface area contributed by atoms with Crippen LogP contribution in [-0.4, -0.2) is 24.9 Å². The van der Waals surface area contributed by atoms with E-state index in [4.69, 9.17) is 27.9 Å². The van der Waals surface area contributed by atoms with Crippen molar-refractivity contribution in [3.8, 4) is 0 Å². The van der Waals surface area contributed by atoms with Gasteiger partial charge in [0.05, 0.1) is 12.9 Å². The number of esters is 1. The van der Waals surface area contributed by atoms with Gasteiger partial charge in [-0.2, -0.15) is 0 Å². The lowest BCUT2D eigenvalue weighted by Crippen LogP contribution is -2.32. The summed E-state index contributed by atoms with van der Waals surface area (Å²) in [5.41, 5.74) is 2.16. The molecular weight excluding hydrogens is 389 g/mol. The molecule has 0 aliphatic carbocycles. The average molecular weight is 412 g/mol. The summed E-state index contributed by atoms with van der Waals surface area (Å²) in [5.74, 6) is 0.0128. The number of carbonyl (C=O) groups is 1. The lowest BCUT2D eigenvalue weighted by atomic mass is 9.97. The fourth-order valence-electron chi connectivity index (χ4n) is 2.67. The third-order valence-corrected chi connectivity index (χ3v) is 5.62. The van der Waals surface area contributed by atoms with Crippen LogP contribution in [0.1, 0.15) is 36.3 Å². The van der Waals surface area contributed by atoms with Crippen molar-refractivity contribution >= 4 is 40.9 Å². The third-order valence-electron chi connectivity index (χ3n) is 3.83. The molecule has 0 aliphatic heterocycles.